The number of hydrogen-bond acceptors (Lipinski definition) is 3. The largest absolute Gasteiger partial charge is 0.369 e. The average Bonchev–Trinajstić information content (AvgIpc) is 2.39. The molecule has 2 rings (SSSR count). The number of piperazine rings is 1. The lowest BCUT2D eigenvalue weighted by Gasteiger charge is -2.36. The Balaban J connectivity index is 1.88. The van der Waals surface area contributed by atoms with Gasteiger partial charge in [-0.05, 0) is 24.6 Å². The van der Waals surface area contributed by atoms with Crippen molar-refractivity contribution in [2.45, 2.75) is 6.92 Å². The van der Waals surface area contributed by atoms with E-state index in [0.717, 1.165) is 38.5 Å². The van der Waals surface area contributed by atoms with Gasteiger partial charge >= 0.3 is 0 Å². The predicted octanol–water partition coefficient (Wildman–Crippen LogP) is 2.60. The van der Waals surface area contributed by atoms with Crippen LogP contribution in [0.5, 0.6) is 0 Å². The van der Waals surface area contributed by atoms with E-state index in [1.807, 2.05) is 0 Å². The lowest BCUT2D eigenvalue weighted by molar-refractivity contribution is 0.279. The Labute approximate surface area is 116 Å². The molecule has 0 atom stereocenters. The van der Waals surface area contributed by atoms with Crippen molar-refractivity contribution >= 4 is 18.3 Å². The Morgan fingerprint density at radius 2 is 2.00 bits per heavy atom. The number of thiol groups is 1. The zero-order valence-corrected chi connectivity index (χ0v) is 12.0. The maximum Gasteiger partial charge on any atom is 0.0369 e. The van der Waals surface area contributed by atoms with E-state index < -0.39 is 0 Å². The molecule has 1 aromatic rings. The van der Waals surface area contributed by atoms with Gasteiger partial charge < -0.3 is 4.90 Å². The molecule has 0 spiro atoms. The molecule has 0 unspecified atom stereocenters. The van der Waals surface area contributed by atoms with Crippen molar-refractivity contribution in [3.05, 3.63) is 42.0 Å². The minimum Gasteiger partial charge on any atom is -0.369 e. The van der Waals surface area contributed by atoms with Crippen molar-refractivity contribution in [2.24, 2.45) is 0 Å². The lowest BCUT2D eigenvalue weighted by atomic mass is 10.2. The van der Waals surface area contributed by atoms with Crippen LogP contribution < -0.4 is 4.90 Å². The second-order valence-corrected chi connectivity index (χ2v) is 5.33. The van der Waals surface area contributed by atoms with Gasteiger partial charge in [0.15, 0.2) is 0 Å². The summed E-state index contributed by atoms with van der Waals surface area (Å²) < 4.78 is 0. The van der Waals surface area contributed by atoms with E-state index >= 15 is 0 Å². The van der Waals surface area contributed by atoms with Crippen LogP contribution in [-0.4, -0.2) is 43.4 Å². The van der Waals surface area contributed by atoms with Crippen LogP contribution in [0.3, 0.4) is 0 Å². The molecule has 2 nitrogen and oxygen atoms in total. The van der Waals surface area contributed by atoms with Crippen molar-refractivity contribution in [3.8, 4) is 0 Å². The zero-order chi connectivity index (χ0) is 13.0. The van der Waals surface area contributed by atoms with Gasteiger partial charge in [0.1, 0.15) is 0 Å². The number of rotatable bonds is 4. The van der Waals surface area contributed by atoms with E-state index in [4.69, 9.17) is 0 Å². The minimum absolute atomic E-state index is 0.790. The SMILES string of the molecule is C=C(CS)CN1CCN(c2cccc(C)c2)CC1. The first-order valence-corrected chi connectivity index (χ1v) is 7.14. The number of nitrogens with zero attached hydrogens (tertiary/aromatic N) is 2. The fourth-order valence-electron chi connectivity index (χ4n) is 2.36. The highest BCUT2D eigenvalue weighted by Crippen LogP contribution is 2.18. The quantitative estimate of drug-likeness (QED) is 0.658. The summed E-state index contributed by atoms with van der Waals surface area (Å²) >= 11 is 4.26. The van der Waals surface area contributed by atoms with Crippen molar-refractivity contribution in [3.63, 3.8) is 0 Å². The normalized spacial score (nSPS) is 16.9. The first-order chi connectivity index (χ1) is 8.69. The summed E-state index contributed by atoms with van der Waals surface area (Å²) in [7, 11) is 0. The van der Waals surface area contributed by atoms with Gasteiger partial charge in [0.2, 0.25) is 0 Å². The Kier molecular flexibility index (Phi) is 4.72. The highest BCUT2D eigenvalue weighted by molar-refractivity contribution is 7.80. The predicted molar refractivity (Wildman–Crippen MR) is 82.8 cm³/mol. The Morgan fingerprint density at radius 3 is 2.61 bits per heavy atom. The van der Waals surface area contributed by atoms with Crippen LogP contribution in [0.25, 0.3) is 0 Å². The zero-order valence-electron chi connectivity index (χ0n) is 11.1. The molecule has 1 fully saturated rings. The molecule has 1 saturated heterocycles. The van der Waals surface area contributed by atoms with Gasteiger partial charge in [-0.25, -0.2) is 0 Å². The van der Waals surface area contributed by atoms with Gasteiger partial charge in [0, 0.05) is 44.2 Å². The Bertz CT molecular complexity index is 409. The second-order valence-electron chi connectivity index (χ2n) is 5.01. The standard InChI is InChI=1S/C15H22N2S/c1-13-4-3-5-15(10-13)17-8-6-16(7-9-17)11-14(2)12-18/h3-5,10,18H,2,6-9,11-12H2,1H3. The molecule has 98 valence electrons. The third-order valence-corrected chi connectivity index (χ3v) is 3.86. The van der Waals surface area contributed by atoms with Crippen LogP contribution in [0.4, 0.5) is 5.69 Å². The summed E-state index contributed by atoms with van der Waals surface area (Å²) in [6, 6.07) is 8.76. The van der Waals surface area contributed by atoms with Crippen molar-refractivity contribution < 1.29 is 0 Å². The summed E-state index contributed by atoms with van der Waals surface area (Å²) in [5, 5.41) is 0. The highest BCUT2D eigenvalue weighted by Gasteiger charge is 2.17. The molecule has 0 radical (unpaired) electrons. The molecule has 18 heavy (non-hydrogen) atoms. The monoisotopic (exact) mass is 262 g/mol. The van der Waals surface area contributed by atoms with Crippen LogP contribution in [0.15, 0.2) is 36.4 Å². The molecule has 0 aliphatic carbocycles. The van der Waals surface area contributed by atoms with E-state index in [9.17, 15) is 0 Å². The van der Waals surface area contributed by atoms with E-state index in [-0.39, 0.29) is 0 Å². The minimum atomic E-state index is 0.790. The Hall–Kier alpha value is -0.930. The lowest BCUT2D eigenvalue weighted by Crippen LogP contribution is -2.47. The number of aryl methyl sites for hydroxylation is 1. The molecule has 0 N–H and O–H groups in total. The van der Waals surface area contributed by atoms with E-state index in [1.54, 1.807) is 0 Å². The molecule has 0 aromatic heterocycles. The smallest absolute Gasteiger partial charge is 0.0369 e. The molecule has 1 aliphatic heterocycles. The van der Waals surface area contributed by atoms with Crippen LogP contribution >= 0.6 is 12.6 Å². The van der Waals surface area contributed by atoms with Gasteiger partial charge in [-0.3, -0.25) is 4.90 Å². The molecule has 1 heterocycles. The first kappa shape index (κ1) is 13.5. The summed E-state index contributed by atoms with van der Waals surface area (Å²) in [4.78, 5) is 4.93. The molecular weight excluding hydrogens is 240 g/mol. The van der Waals surface area contributed by atoms with E-state index in [0.29, 0.717) is 0 Å². The summed E-state index contributed by atoms with van der Waals surface area (Å²) in [5.74, 6) is 0.790. The number of benzene rings is 1. The first-order valence-electron chi connectivity index (χ1n) is 6.50. The van der Waals surface area contributed by atoms with E-state index in [1.165, 1.54) is 16.8 Å². The molecule has 1 aromatic carbocycles. The van der Waals surface area contributed by atoms with Crippen LogP contribution in [0.2, 0.25) is 0 Å². The van der Waals surface area contributed by atoms with Crippen molar-refractivity contribution in [1.82, 2.24) is 4.90 Å². The fourth-order valence-corrected chi connectivity index (χ4v) is 2.46. The molecule has 1 aliphatic rings. The Morgan fingerprint density at radius 1 is 1.28 bits per heavy atom. The maximum absolute atomic E-state index is 4.26. The van der Waals surface area contributed by atoms with Gasteiger partial charge in [0.25, 0.3) is 0 Å². The van der Waals surface area contributed by atoms with Gasteiger partial charge in [-0.15, -0.1) is 0 Å². The molecule has 0 amide bonds. The van der Waals surface area contributed by atoms with Gasteiger partial charge in [-0.2, -0.15) is 12.6 Å². The van der Waals surface area contributed by atoms with Crippen molar-refractivity contribution in [1.29, 1.82) is 0 Å². The van der Waals surface area contributed by atoms with Gasteiger partial charge in [-0.1, -0.05) is 24.3 Å². The topological polar surface area (TPSA) is 6.48 Å². The average molecular weight is 262 g/mol. The summed E-state index contributed by atoms with van der Waals surface area (Å²) in [6.07, 6.45) is 0. The van der Waals surface area contributed by atoms with Crippen LogP contribution in [0.1, 0.15) is 5.56 Å². The van der Waals surface area contributed by atoms with Gasteiger partial charge in [0.05, 0.1) is 0 Å². The number of hydrogen-bond donors (Lipinski definition) is 1. The maximum atomic E-state index is 4.26. The van der Waals surface area contributed by atoms with Crippen molar-refractivity contribution in [2.75, 3.05) is 43.4 Å². The van der Waals surface area contributed by atoms with Crippen LogP contribution in [-0.2, 0) is 0 Å². The summed E-state index contributed by atoms with van der Waals surface area (Å²) in [5.41, 5.74) is 3.89. The van der Waals surface area contributed by atoms with E-state index in [2.05, 4.69) is 60.2 Å². The molecular formula is C15H22N2S. The fraction of sp³-hybridized carbons (Fsp3) is 0.467. The molecule has 0 saturated carbocycles. The van der Waals surface area contributed by atoms with Crippen LogP contribution in [0, 0.1) is 6.92 Å². The third kappa shape index (κ3) is 3.53. The third-order valence-electron chi connectivity index (χ3n) is 3.41. The molecule has 3 heteroatoms. The second kappa shape index (κ2) is 6.30. The molecule has 0 bridgehead atoms. The summed E-state index contributed by atoms with van der Waals surface area (Å²) in [6.45, 7) is 11.6. The highest BCUT2D eigenvalue weighted by atomic mass is 32.1. The number of anilines is 1.